The van der Waals surface area contributed by atoms with Gasteiger partial charge in [-0.3, -0.25) is 19.4 Å². The molecule has 4 rings (SSSR count). The molecule has 4 nitrogen and oxygen atoms in total. The fraction of sp³-hybridized carbons (Fsp3) is 0.0714. The van der Waals surface area contributed by atoms with E-state index in [4.69, 9.17) is 0 Å². The summed E-state index contributed by atoms with van der Waals surface area (Å²) in [5.41, 5.74) is 3.27. The van der Waals surface area contributed by atoms with Gasteiger partial charge in [-0.1, -0.05) is 97.1 Å². The van der Waals surface area contributed by atoms with Crippen LogP contribution in [0.25, 0.3) is 0 Å². The SMILES string of the molecule is O=C(C(=O)N(Cc1ccccc1)c1ccccc1)N(Cc1ccccc1)c1ccccc1. The van der Waals surface area contributed by atoms with Crippen LogP contribution in [0.2, 0.25) is 0 Å². The lowest BCUT2D eigenvalue weighted by molar-refractivity contribution is -0.136. The summed E-state index contributed by atoms with van der Waals surface area (Å²) in [5.74, 6) is -1.14. The van der Waals surface area contributed by atoms with Crippen LogP contribution in [0.1, 0.15) is 11.1 Å². The molecule has 0 atom stereocenters. The molecule has 0 aromatic heterocycles. The summed E-state index contributed by atoms with van der Waals surface area (Å²) in [6.45, 7) is 0.618. The first-order valence-corrected chi connectivity index (χ1v) is 10.5. The molecule has 0 bridgehead atoms. The van der Waals surface area contributed by atoms with Gasteiger partial charge in [0.15, 0.2) is 0 Å². The monoisotopic (exact) mass is 420 g/mol. The maximum absolute atomic E-state index is 13.6. The predicted molar refractivity (Wildman–Crippen MR) is 128 cm³/mol. The van der Waals surface area contributed by atoms with E-state index < -0.39 is 11.8 Å². The van der Waals surface area contributed by atoms with E-state index in [2.05, 4.69) is 0 Å². The molecule has 0 radical (unpaired) electrons. The van der Waals surface area contributed by atoms with Crippen LogP contribution in [0.3, 0.4) is 0 Å². The zero-order valence-corrected chi connectivity index (χ0v) is 17.7. The lowest BCUT2D eigenvalue weighted by Crippen LogP contribution is -2.45. The van der Waals surface area contributed by atoms with Gasteiger partial charge in [-0.05, 0) is 35.4 Å². The van der Waals surface area contributed by atoms with E-state index in [1.54, 1.807) is 9.80 Å². The molecule has 0 N–H and O–H groups in total. The zero-order chi connectivity index (χ0) is 22.2. The summed E-state index contributed by atoms with van der Waals surface area (Å²) >= 11 is 0. The molecule has 32 heavy (non-hydrogen) atoms. The highest BCUT2D eigenvalue weighted by molar-refractivity contribution is 6.44. The predicted octanol–water partition coefficient (Wildman–Crippen LogP) is 5.45. The second kappa shape index (κ2) is 10.2. The van der Waals surface area contributed by atoms with Crippen molar-refractivity contribution in [2.75, 3.05) is 9.80 Å². The standard InChI is InChI=1S/C28H24N2O2/c31-27(29(25-17-9-3-10-18-25)21-23-13-5-1-6-14-23)28(32)30(26-19-11-4-12-20-26)22-24-15-7-2-8-16-24/h1-20H,21-22H2. The van der Waals surface area contributed by atoms with Gasteiger partial charge in [0.25, 0.3) is 0 Å². The largest absolute Gasteiger partial charge is 0.317 e. The third-order valence-electron chi connectivity index (χ3n) is 5.18. The second-order valence-electron chi connectivity index (χ2n) is 7.42. The number of anilines is 2. The van der Waals surface area contributed by atoms with E-state index in [1.807, 2.05) is 121 Å². The Bertz CT molecular complexity index is 1050. The first kappa shape index (κ1) is 21.1. The van der Waals surface area contributed by atoms with Gasteiger partial charge < -0.3 is 0 Å². The Labute approximate surface area is 188 Å². The van der Waals surface area contributed by atoms with Crippen molar-refractivity contribution < 1.29 is 9.59 Å². The number of benzene rings is 4. The van der Waals surface area contributed by atoms with Crippen molar-refractivity contribution in [2.45, 2.75) is 13.1 Å². The van der Waals surface area contributed by atoms with Gasteiger partial charge in [-0.25, -0.2) is 0 Å². The molecule has 0 spiro atoms. The summed E-state index contributed by atoms with van der Waals surface area (Å²) in [6.07, 6.45) is 0. The van der Waals surface area contributed by atoms with Crippen LogP contribution in [0.5, 0.6) is 0 Å². The number of amides is 2. The number of hydrogen-bond donors (Lipinski definition) is 0. The average Bonchev–Trinajstić information content (AvgIpc) is 2.87. The van der Waals surface area contributed by atoms with E-state index >= 15 is 0 Å². The van der Waals surface area contributed by atoms with Crippen LogP contribution in [0.4, 0.5) is 11.4 Å². The highest BCUT2D eigenvalue weighted by Gasteiger charge is 2.29. The summed E-state index contributed by atoms with van der Waals surface area (Å²) in [6, 6.07) is 38.0. The Morgan fingerprint density at radius 2 is 0.719 bits per heavy atom. The number of carbonyl (C=O) groups excluding carboxylic acids is 2. The van der Waals surface area contributed by atoms with Gasteiger partial charge in [-0.2, -0.15) is 0 Å². The molecular formula is C28H24N2O2. The molecule has 2 amide bonds. The van der Waals surface area contributed by atoms with Crippen LogP contribution in [-0.4, -0.2) is 11.8 Å². The highest BCUT2D eigenvalue weighted by Crippen LogP contribution is 2.22. The molecule has 0 aliphatic heterocycles. The minimum Gasteiger partial charge on any atom is -0.300 e. The van der Waals surface area contributed by atoms with Gasteiger partial charge in [0.05, 0.1) is 13.1 Å². The smallest absolute Gasteiger partial charge is 0.300 e. The first-order valence-electron chi connectivity index (χ1n) is 10.5. The topological polar surface area (TPSA) is 40.6 Å². The maximum Gasteiger partial charge on any atom is 0.317 e. The highest BCUT2D eigenvalue weighted by atomic mass is 16.2. The molecule has 0 saturated heterocycles. The third-order valence-corrected chi connectivity index (χ3v) is 5.18. The molecule has 158 valence electrons. The van der Waals surface area contributed by atoms with Crippen LogP contribution in [0.15, 0.2) is 121 Å². The van der Waals surface area contributed by atoms with E-state index in [0.29, 0.717) is 24.5 Å². The Morgan fingerprint density at radius 1 is 0.438 bits per heavy atom. The summed E-state index contributed by atoms with van der Waals surface area (Å²) < 4.78 is 0. The summed E-state index contributed by atoms with van der Waals surface area (Å²) in [5, 5.41) is 0. The van der Waals surface area contributed by atoms with Gasteiger partial charge >= 0.3 is 11.8 Å². The minimum atomic E-state index is -0.570. The molecule has 4 heteroatoms. The van der Waals surface area contributed by atoms with Crippen molar-refractivity contribution in [1.82, 2.24) is 0 Å². The van der Waals surface area contributed by atoms with Gasteiger partial charge in [0.2, 0.25) is 0 Å². The molecule has 4 aromatic rings. The Kier molecular flexibility index (Phi) is 6.73. The molecule has 4 aromatic carbocycles. The second-order valence-corrected chi connectivity index (χ2v) is 7.42. The molecule has 0 heterocycles. The molecule has 0 aliphatic rings. The van der Waals surface area contributed by atoms with Crippen molar-refractivity contribution >= 4 is 23.2 Å². The van der Waals surface area contributed by atoms with Crippen LogP contribution >= 0.6 is 0 Å². The van der Waals surface area contributed by atoms with E-state index in [0.717, 1.165) is 11.1 Å². The third kappa shape index (κ3) is 5.10. The van der Waals surface area contributed by atoms with Crippen molar-refractivity contribution in [3.8, 4) is 0 Å². The lowest BCUT2D eigenvalue weighted by atomic mass is 10.1. The van der Waals surface area contributed by atoms with Crippen molar-refractivity contribution in [3.63, 3.8) is 0 Å². The fourth-order valence-electron chi connectivity index (χ4n) is 3.54. The molecule has 0 saturated carbocycles. The van der Waals surface area contributed by atoms with Crippen molar-refractivity contribution in [1.29, 1.82) is 0 Å². The summed E-state index contributed by atoms with van der Waals surface area (Å²) in [7, 11) is 0. The van der Waals surface area contributed by atoms with Crippen molar-refractivity contribution in [3.05, 3.63) is 132 Å². The van der Waals surface area contributed by atoms with Crippen LogP contribution < -0.4 is 9.80 Å². The van der Waals surface area contributed by atoms with Gasteiger partial charge in [0, 0.05) is 11.4 Å². The Morgan fingerprint density at radius 3 is 1.03 bits per heavy atom. The number of carbonyl (C=O) groups is 2. The quantitative estimate of drug-likeness (QED) is 0.389. The minimum absolute atomic E-state index is 0.309. The first-order chi connectivity index (χ1) is 15.7. The van der Waals surface area contributed by atoms with Gasteiger partial charge in [0.1, 0.15) is 0 Å². The molecule has 0 fully saturated rings. The molecule has 0 unspecified atom stereocenters. The van der Waals surface area contributed by atoms with E-state index in [-0.39, 0.29) is 0 Å². The number of rotatable bonds is 6. The maximum atomic E-state index is 13.6. The lowest BCUT2D eigenvalue weighted by Gasteiger charge is -2.27. The number of nitrogens with zero attached hydrogens (tertiary/aromatic N) is 2. The average molecular weight is 421 g/mol. The Hall–Kier alpha value is -4.18. The molecular weight excluding hydrogens is 396 g/mol. The van der Waals surface area contributed by atoms with Crippen molar-refractivity contribution in [2.24, 2.45) is 0 Å². The van der Waals surface area contributed by atoms with E-state index in [1.165, 1.54) is 0 Å². The Balaban J connectivity index is 1.67. The normalized spacial score (nSPS) is 10.4. The van der Waals surface area contributed by atoms with Crippen LogP contribution in [-0.2, 0) is 22.7 Å². The summed E-state index contributed by atoms with van der Waals surface area (Å²) in [4.78, 5) is 30.3. The van der Waals surface area contributed by atoms with E-state index in [9.17, 15) is 9.59 Å². The van der Waals surface area contributed by atoms with Gasteiger partial charge in [-0.15, -0.1) is 0 Å². The van der Waals surface area contributed by atoms with Crippen LogP contribution in [0, 0.1) is 0 Å². The number of para-hydroxylation sites is 2. The molecule has 0 aliphatic carbocycles. The fourth-order valence-corrected chi connectivity index (χ4v) is 3.54. The number of hydrogen-bond acceptors (Lipinski definition) is 2. The zero-order valence-electron chi connectivity index (χ0n) is 17.7.